The van der Waals surface area contributed by atoms with Crippen molar-refractivity contribution < 1.29 is 19.1 Å². The van der Waals surface area contributed by atoms with Gasteiger partial charge in [-0.15, -0.1) is 0 Å². The number of esters is 1. The van der Waals surface area contributed by atoms with Gasteiger partial charge in [-0.1, -0.05) is 44.2 Å². The van der Waals surface area contributed by atoms with E-state index in [1.807, 2.05) is 44.2 Å². The third-order valence-electron chi connectivity index (χ3n) is 3.21. The van der Waals surface area contributed by atoms with E-state index in [1.54, 1.807) is 0 Å². The number of rotatable bonds is 6. The van der Waals surface area contributed by atoms with Gasteiger partial charge in [-0.2, -0.15) is 0 Å². The molecule has 0 bridgehead atoms. The lowest BCUT2D eigenvalue weighted by Crippen LogP contribution is -2.54. The summed E-state index contributed by atoms with van der Waals surface area (Å²) in [6.45, 7) is 5.38. The number of hydrogen-bond acceptors (Lipinski definition) is 4. The predicted octanol–water partition coefficient (Wildman–Crippen LogP) is 1.84. The zero-order valence-corrected chi connectivity index (χ0v) is 14.5. The molecule has 1 aromatic rings. The van der Waals surface area contributed by atoms with Crippen LogP contribution in [0.4, 0.5) is 4.79 Å². The second-order valence-corrected chi connectivity index (χ2v) is 5.89. The second kappa shape index (κ2) is 9.54. The van der Waals surface area contributed by atoms with E-state index in [0.717, 1.165) is 10.6 Å². The van der Waals surface area contributed by atoms with Gasteiger partial charge in [-0.05, 0) is 17.9 Å². The zero-order valence-electron chi connectivity index (χ0n) is 14.5. The molecule has 1 atom stereocenters. The normalized spacial score (nSPS) is 11.5. The summed E-state index contributed by atoms with van der Waals surface area (Å²) in [7, 11) is 1.28. The summed E-state index contributed by atoms with van der Waals surface area (Å²) in [5.41, 5.74) is 3.32. The Balaban J connectivity index is 2.85. The first-order chi connectivity index (χ1) is 11.3. The Bertz CT molecular complexity index is 560. The fraction of sp³-hybridized carbons (Fsp3) is 0.471. The van der Waals surface area contributed by atoms with Crippen LogP contribution in [0.25, 0.3) is 0 Å². The molecule has 2 N–H and O–H groups in total. The molecule has 0 saturated carbocycles. The Morgan fingerprint density at radius 3 is 2.29 bits per heavy atom. The Labute approximate surface area is 142 Å². The maximum atomic E-state index is 12.5. The van der Waals surface area contributed by atoms with Crippen LogP contribution in [-0.2, 0) is 20.9 Å². The van der Waals surface area contributed by atoms with Crippen LogP contribution in [0.15, 0.2) is 30.3 Å². The average molecular weight is 335 g/mol. The number of carbonyl (C=O) groups is 3. The van der Waals surface area contributed by atoms with Crippen LogP contribution in [0.2, 0.25) is 0 Å². The molecule has 0 aromatic heterocycles. The van der Waals surface area contributed by atoms with Crippen molar-refractivity contribution >= 4 is 17.9 Å². The molecule has 0 heterocycles. The number of nitrogens with one attached hydrogen (secondary N) is 2. The minimum Gasteiger partial charge on any atom is -0.467 e. The maximum Gasteiger partial charge on any atom is 0.337 e. The highest BCUT2D eigenvalue weighted by Crippen LogP contribution is 2.08. The van der Waals surface area contributed by atoms with E-state index in [2.05, 4.69) is 10.7 Å². The summed E-state index contributed by atoms with van der Waals surface area (Å²) in [4.78, 5) is 35.7. The van der Waals surface area contributed by atoms with Crippen LogP contribution in [0.3, 0.4) is 0 Å². The van der Waals surface area contributed by atoms with Crippen LogP contribution in [0, 0.1) is 5.92 Å². The molecule has 0 saturated heterocycles. The molecule has 0 radical (unpaired) electrons. The van der Waals surface area contributed by atoms with Gasteiger partial charge >= 0.3 is 12.0 Å². The summed E-state index contributed by atoms with van der Waals surface area (Å²) in [5, 5.41) is 3.77. The fourth-order valence-corrected chi connectivity index (χ4v) is 2.17. The molecule has 0 fully saturated rings. The van der Waals surface area contributed by atoms with Gasteiger partial charge in [0.1, 0.15) is 6.04 Å². The third-order valence-corrected chi connectivity index (χ3v) is 3.21. The van der Waals surface area contributed by atoms with E-state index in [9.17, 15) is 14.4 Å². The highest BCUT2D eigenvalue weighted by atomic mass is 16.5. The van der Waals surface area contributed by atoms with Crippen LogP contribution in [-0.4, -0.2) is 36.1 Å². The molecule has 0 aliphatic rings. The molecule has 0 spiro atoms. The number of carbonyl (C=O) groups excluding carboxylic acids is 3. The van der Waals surface area contributed by atoms with E-state index >= 15 is 0 Å². The Morgan fingerprint density at radius 1 is 1.17 bits per heavy atom. The lowest BCUT2D eigenvalue weighted by molar-refractivity contribution is -0.143. The average Bonchev–Trinajstić information content (AvgIpc) is 2.53. The minimum absolute atomic E-state index is 0.182. The van der Waals surface area contributed by atoms with E-state index in [1.165, 1.54) is 14.0 Å². The summed E-state index contributed by atoms with van der Waals surface area (Å²) in [5.74, 6) is -0.697. The number of hydrazine groups is 1. The smallest absolute Gasteiger partial charge is 0.337 e. The Morgan fingerprint density at radius 2 is 1.79 bits per heavy atom. The molecule has 1 rings (SSSR count). The predicted molar refractivity (Wildman–Crippen MR) is 89.6 cm³/mol. The Kier molecular flexibility index (Phi) is 7.74. The van der Waals surface area contributed by atoms with Crippen molar-refractivity contribution in [3.63, 3.8) is 0 Å². The molecule has 0 unspecified atom stereocenters. The maximum absolute atomic E-state index is 12.5. The molecule has 1 aromatic carbocycles. The van der Waals surface area contributed by atoms with Crippen LogP contribution >= 0.6 is 0 Å². The van der Waals surface area contributed by atoms with Gasteiger partial charge in [0.2, 0.25) is 5.91 Å². The summed E-state index contributed by atoms with van der Waals surface area (Å²) in [6, 6.07) is 7.90. The first-order valence-electron chi connectivity index (χ1n) is 7.80. The molecular formula is C17H25N3O4. The van der Waals surface area contributed by atoms with Gasteiger partial charge in [0.15, 0.2) is 0 Å². The fourth-order valence-electron chi connectivity index (χ4n) is 2.17. The van der Waals surface area contributed by atoms with Gasteiger partial charge in [-0.3, -0.25) is 10.2 Å². The van der Waals surface area contributed by atoms with Gasteiger partial charge in [0.05, 0.1) is 13.7 Å². The quantitative estimate of drug-likeness (QED) is 0.613. The first-order valence-corrected chi connectivity index (χ1v) is 7.80. The van der Waals surface area contributed by atoms with Crippen molar-refractivity contribution in [2.45, 2.75) is 39.8 Å². The number of hydrogen-bond donors (Lipinski definition) is 2. The van der Waals surface area contributed by atoms with Gasteiger partial charge in [0.25, 0.3) is 0 Å². The molecule has 7 heteroatoms. The largest absolute Gasteiger partial charge is 0.467 e. The number of nitrogens with zero attached hydrogens (tertiary/aromatic N) is 1. The van der Waals surface area contributed by atoms with E-state index < -0.39 is 18.0 Å². The van der Waals surface area contributed by atoms with Crippen molar-refractivity contribution in [3.05, 3.63) is 35.9 Å². The summed E-state index contributed by atoms with van der Waals surface area (Å²) in [6.07, 6.45) is 0.442. The van der Waals surface area contributed by atoms with Gasteiger partial charge < -0.3 is 10.1 Å². The number of benzene rings is 1. The molecular weight excluding hydrogens is 310 g/mol. The second-order valence-electron chi connectivity index (χ2n) is 5.89. The number of urea groups is 1. The third kappa shape index (κ3) is 6.68. The summed E-state index contributed by atoms with van der Waals surface area (Å²) >= 11 is 0. The zero-order chi connectivity index (χ0) is 18.1. The number of amides is 3. The molecule has 132 valence electrons. The van der Waals surface area contributed by atoms with E-state index in [-0.39, 0.29) is 18.4 Å². The van der Waals surface area contributed by atoms with Crippen molar-refractivity contribution in [2.75, 3.05) is 7.11 Å². The lowest BCUT2D eigenvalue weighted by Gasteiger charge is -2.26. The highest BCUT2D eigenvalue weighted by Gasteiger charge is 2.25. The van der Waals surface area contributed by atoms with Crippen LogP contribution in [0.1, 0.15) is 32.8 Å². The lowest BCUT2D eigenvalue weighted by atomic mass is 10.0. The molecule has 0 aliphatic carbocycles. The topological polar surface area (TPSA) is 87.7 Å². The van der Waals surface area contributed by atoms with Crippen molar-refractivity contribution in [3.8, 4) is 0 Å². The monoisotopic (exact) mass is 335 g/mol. The minimum atomic E-state index is -0.769. The van der Waals surface area contributed by atoms with E-state index in [4.69, 9.17) is 4.74 Å². The standard InChI is InChI=1S/C17H25N3O4/c1-12(2)10-15(16(22)24-4)18-17(23)20(19-13(3)21)11-14-8-6-5-7-9-14/h5-9,12,15H,10-11H2,1-4H3,(H,18,23)(H,19,21)/t15-/m0/s1. The van der Waals surface area contributed by atoms with Crippen molar-refractivity contribution in [2.24, 2.45) is 5.92 Å². The molecule has 0 aliphatic heterocycles. The van der Waals surface area contributed by atoms with Crippen molar-refractivity contribution in [1.82, 2.24) is 15.8 Å². The van der Waals surface area contributed by atoms with Gasteiger partial charge in [-0.25, -0.2) is 14.6 Å². The number of methoxy groups -OCH3 is 1. The van der Waals surface area contributed by atoms with Crippen LogP contribution in [0.5, 0.6) is 0 Å². The highest BCUT2D eigenvalue weighted by molar-refractivity contribution is 5.85. The van der Waals surface area contributed by atoms with Crippen LogP contribution < -0.4 is 10.7 Å². The molecule has 24 heavy (non-hydrogen) atoms. The Hall–Kier alpha value is -2.57. The van der Waals surface area contributed by atoms with Crippen molar-refractivity contribution in [1.29, 1.82) is 0 Å². The van der Waals surface area contributed by atoms with E-state index in [0.29, 0.717) is 6.42 Å². The number of ether oxygens (including phenoxy) is 1. The molecule has 3 amide bonds. The first kappa shape index (κ1) is 19.5. The SMILES string of the molecule is COC(=O)[C@H](CC(C)C)NC(=O)N(Cc1ccccc1)NC(C)=O. The summed E-state index contributed by atoms with van der Waals surface area (Å²) < 4.78 is 4.73. The van der Waals surface area contributed by atoms with Gasteiger partial charge in [0, 0.05) is 6.92 Å². The molecule has 7 nitrogen and oxygen atoms in total.